The second-order valence-corrected chi connectivity index (χ2v) is 13.7. The van der Waals surface area contributed by atoms with Gasteiger partial charge in [-0.1, -0.05) is 20.8 Å². The zero-order valence-electron chi connectivity index (χ0n) is 25.0. The summed E-state index contributed by atoms with van der Waals surface area (Å²) < 4.78 is 158. The molecule has 0 aliphatic heterocycles. The molecule has 13 nitrogen and oxygen atoms in total. The maximum absolute atomic E-state index is 13.6. The third-order valence-corrected chi connectivity index (χ3v) is 8.41. The van der Waals surface area contributed by atoms with Crippen LogP contribution in [0.25, 0.3) is 11.4 Å². The van der Waals surface area contributed by atoms with E-state index in [9.17, 15) is 48.0 Å². The first-order chi connectivity index (χ1) is 21.0. The van der Waals surface area contributed by atoms with Gasteiger partial charge in [0.05, 0.1) is 26.5 Å². The average molecular weight is 711 g/mol. The Morgan fingerprint density at radius 2 is 1.43 bits per heavy atom. The SMILES string of the molecule is COCCCOc1cc2c(nc1OC)-c1nc(OS(=O)(=O)C(F)(F)F)c(C(=O)OC)c(OS(=O)(=O)C(F)(F)F)c1C(C(C)(C)C)C2. The first-order valence-corrected chi connectivity index (χ1v) is 15.7. The van der Waals surface area contributed by atoms with Gasteiger partial charge in [-0.2, -0.15) is 43.2 Å². The van der Waals surface area contributed by atoms with Gasteiger partial charge >= 0.3 is 37.2 Å². The van der Waals surface area contributed by atoms with Crippen molar-refractivity contribution in [3.8, 4) is 34.6 Å². The lowest BCUT2D eigenvalue weighted by Gasteiger charge is -2.37. The van der Waals surface area contributed by atoms with Crippen LogP contribution in [0.3, 0.4) is 0 Å². The molecule has 0 spiro atoms. The Morgan fingerprint density at radius 3 is 1.93 bits per heavy atom. The van der Waals surface area contributed by atoms with E-state index in [2.05, 4.69) is 23.1 Å². The van der Waals surface area contributed by atoms with Crippen LogP contribution in [-0.4, -0.2) is 78.3 Å². The van der Waals surface area contributed by atoms with Crippen molar-refractivity contribution in [2.24, 2.45) is 5.41 Å². The number of alkyl halides is 6. The van der Waals surface area contributed by atoms with E-state index in [0.717, 1.165) is 0 Å². The number of carbonyl (C=O) groups is 1. The van der Waals surface area contributed by atoms with Crippen LogP contribution in [0.15, 0.2) is 6.07 Å². The zero-order chi connectivity index (χ0) is 35.0. The Labute approximate surface area is 259 Å². The number of methoxy groups -OCH3 is 3. The van der Waals surface area contributed by atoms with Gasteiger partial charge in [0, 0.05) is 25.7 Å². The number of carbonyl (C=O) groups excluding carboxylic acids is 1. The fourth-order valence-electron chi connectivity index (χ4n) is 4.37. The monoisotopic (exact) mass is 710 g/mol. The van der Waals surface area contributed by atoms with Crippen LogP contribution in [0.5, 0.6) is 23.3 Å². The molecule has 0 bridgehead atoms. The fraction of sp³-hybridized carbons (Fsp3) is 0.560. The largest absolute Gasteiger partial charge is 0.534 e. The smallest absolute Gasteiger partial charge is 0.488 e. The summed E-state index contributed by atoms with van der Waals surface area (Å²) in [5.41, 5.74) is -16.1. The summed E-state index contributed by atoms with van der Waals surface area (Å²) in [6.07, 6.45) is 0.286. The fourth-order valence-corrected chi connectivity index (χ4v) is 5.28. The van der Waals surface area contributed by atoms with E-state index < -0.39 is 77.0 Å². The molecule has 21 heteroatoms. The molecule has 0 amide bonds. The van der Waals surface area contributed by atoms with Crippen LogP contribution in [0.1, 0.15) is 54.6 Å². The van der Waals surface area contributed by atoms with E-state index >= 15 is 0 Å². The third kappa shape index (κ3) is 7.35. The molecule has 0 fully saturated rings. The van der Waals surface area contributed by atoms with Crippen LogP contribution < -0.4 is 17.8 Å². The van der Waals surface area contributed by atoms with Crippen molar-refractivity contribution in [1.82, 2.24) is 9.97 Å². The predicted molar refractivity (Wildman–Crippen MR) is 144 cm³/mol. The number of hydrogen-bond donors (Lipinski definition) is 0. The highest BCUT2D eigenvalue weighted by atomic mass is 32.2. The summed E-state index contributed by atoms with van der Waals surface area (Å²) in [7, 11) is -10.0. The summed E-state index contributed by atoms with van der Waals surface area (Å²) in [5.74, 6) is -6.42. The van der Waals surface area contributed by atoms with Crippen molar-refractivity contribution in [3.63, 3.8) is 0 Å². The molecule has 1 unspecified atom stereocenters. The minimum Gasteiger partial charge on any atom is -0.488 e. The van der Waals surface area contributed by atoms with Gasteiger partial charge in [0.2, 0.25) is 0 Å². The maximum Gasteiger partial charge on any atom is 0.534 e. The van der Waals surface area contributed by atoms with Crippen molar-refractivity contribution in [2.45, 2.75) is 50.5 Å². The van der Waals surface area contributed by atoms with E-state index in [1.807, 2.05) is 0 Å². The first kappa shape index (κ1) is 36.9. The predicted octanol–water partition coefficient (Wildman–Crippen LogP) is 4.50. The number of aromatic nitrogens is 2. The molecule has 2 aromatic heterocycles. The highest BCUT2D eigenvalue weighted by Gasteiger charge is 2.53. The first-order valence-electron chi connectivity index (χ1n) is 12.9. The number of hydrogen-bond acceptors (Lipinski definition) is 13. The second kappa shape index (κ2) is 12.9. The van der Waals surface area contributed by atoms with Crippen LogP contribution in [0, 0.1) is 5.41 Å². The topological polar surface area (TPSA) is 167 Å². The quantitative estimate of drug-likeness (QED) is 0.105. The van der Waals surface area contributed by atoms with Crippen LogP contribution in [0.4, 0.5) is 26.3 Å². The van der Waals surface area contributed by atoms with Crippen LogP contribution >= 0.6 is 0 Å². The Balaban J connectivity index is 2.54. The van der Waals surface area contributed by atoms with Gasteiger partial charge in [0.25, 0.3) is 11.8 Å². The molecule has 0 radical (unpaired) electrons. The van der Waals surface area contributed by atoms with Crippen molar-refractivity contribution in [2.75, 3.05) is 34.5 Å². The molecule has 3 rings (SSSR count). The van der Waals surface area contributed by atoms with Crippen molar-refractivity contribution in [3.05, 3.63) is 22.8 Å². The van der Waals surface area contributed by atoms with E-state index in [1.165, 1.54) is 20.3 Å². The molecule has 2 aromatic rings. The van der Waals surface area contributed by atoms with Crippen molar-refractivity contribution in [1.29, 1.82) is 0 Å². The molecule has 0 N–H and O–H groups in total. The Bertz CT molecular complexity index is 1700. The second-order valence-electron chi connectivity index (χ2n) is 10.7. The number of nitrogens with zero attached hydrogens (tertiary/aromatic N) is 2. The van der Waals surface area contributed by atoms with Crippen molar-refractivity contribution < 1.29 is 75.3 Å². The van der Waals surface area contributed by atoms with Gasteiger partial charge in [-0.05, 0) is 29.4 Å². The lowest BCUT2D eigenvalue weighted by molar-refractivity contribution is -0.0503. The molecule has 1 atom stereocenters. The van der Waals surface area contributed by atoms with E-state index in [0.29, 0.717) is 20.1 Å². The maximum atomic E-state index is 13.6. The molecule has 0 saturated carbocycles. The lowest BCUT2D eigenvalue weighted by Crippen LogP contribution is -2.33. The molecule has 258 valence electrons. The minimum absolute atomic E-state index is 0.0758. The van der Waals surface area contributed by atoms with Gasteiger partial charge in [-0.3, -0.25) is 0 Å². The van der Waals surface area contributed by atoms with Crippen LogP contribution in [0.2, 0.25) is 0 Å². The van der Waals surface area contributed by atoms with Crippen LogP contribution in [-0.2, 0) is 36.1 Å². The molecular weight excluding hydrogens is 682 g/mol. The number of halogens is 6. The van der Waals surface area contributed by atoms with E-state index in [4.69, 9.17) is 14.2 Å². The molecule has 1 aliphatic rings. The van der Waals surface area contributed by atoms with Gasteiger partial charge < -0.3 is 27.3 Å². The van der Waals surface area contributed by atoms with Gasteiger partial charge in [0.15, 0.2) is 17.1 Å². The molecule has 0 aromatic carbocycles. The van der Waals surface area contributed by atoms with Gasteiger partial charge in [-0.15, -0.1) is 0 Å². The average Bonchev–Trinajstić information content (AvgIpc) is 2.92. The molecular formula is C25H28F6N2O11S2. The summed E-state index contributed by atoms with van der Waals surface area (Å²) in [6.45, 7) is 5.17. The van der Waals surface area contributed by atoms with E-state index in [1.54, 1.807) is 20.8 Å². The summed E-state index contributed by atoms with van der Waals surface area (Å²) in [6, 6.07) is 1.41. The van der Waals surface area contributed by atoms with E-state index in [-0.39, 0.29) is 35.9 Å². The zero-order valence-corrected chi connectivity index (χ0v) is 26.6. The lowest BCUT2D eigenvalue weighted by atomic mass is 9.69. The molecule has 1 aliphatic carbocycles. The molecule has 0 saturated heterocycles. The standard InChI is InChI=1S/C25H28F6N2O11S2/c1-23(2,3)13-10-12-11-14(42-9-7-8-39-4)20(40-5)32-17(12)18-15(13)19(43-45(35,36)24(26,27)28)16(22(34)41-6)21(33-18)44-46(37,38)25(29,30)31/h11,13H,7-10H2,1-6H3. The normalized spacial score (nSPS) is 15.4. The molecule has 2 heterocycles. The number of ether oxygens (including phenoxy) is 4. The highest BCUT2D eigenvalue weighted by Crippen LogP contribution is 2.54. The number of fused-ring (bicyclic) bond motifs is 3. The van der Waals surface area contributed by atoms with Gasteiger partial charge in [-0.25, -0.2) is 14.8 Å². The summed E-state index contributed by atoms with van der Waals surface area (Å²) in [5, 5.41) is 0. The minimum atomic E-state index is -6.66. The number of rotatable bonds is 11. The Morgan fingerprint density at radius 1 is 0.870 bits per heavy atom. The highest BCUT2D eigenvalue weighted by molar-refractivity contribution is 7.88. The molecule has 46 heavy (non-hydrogen) atoms. The third-order valence-electron chi connectivity index (χ3n) is 6.51. The summed E-state index contributed by atoms with van der Waals surface area (Å²) in [4.78, 5) is 20.9. The summed E-state index contributed by atoms with van der Waals surface area (Å²) >= 11 is 0. The van der Waals surface area contributed by atoms with Crippen molar-refractivity contribution >= 4 is 26.2 Å². The Kier molecular flexibility index (Phi) is 10.3. The number of pyridine rings is 2. The number of esters is 1. The van der Waals surface area contributed by atoms with Gasteiger partial charge in [0.1, 0.15) is 5.69 Å². The Hall–Kier alpha value is -3.59.